The van der Waals surface area contributed by atoms with Crippen LogP contribution in [0.1, 0.15) is 17.7 Å². The summed E-state index contributed by atoms with van der Waals surface area (Å²) in [5.41, 5.74) is 2.14. The third-order valence-electron chi connectivity index (χ3n) is 4.63. The molecule has 7 heteroatoms. The third-order valence-corrected chi connectivity index (χ3v) is 5.40. The first-order valence-electron chi connectivity index (χ1n) is 8.45. The molecule has 0 aliphatic carbocycles. The Morgan fingerprint density at radius 2 is 1.88 bits per heavy atom. The molecule has 1 aromatic heterocycles. The van der Waals surface area contributed by atoms with Gasteiger partial charge >= 0.3 is 0 Å². The second-order valence-corrected chi connectivity index (χ2v) is 7.19. The van der Waals surface area contributed by atoms with Crippen molar-refractivity contribution in [3.8, 4) is 0 Å². The number of halogens is 2. The molecule has 3 rings (SSSR count). The molecule has 0 unspecified atom stereocenters. The molecular formula is C18H22BrFN4O. The largest absolute Gasteiger partial charge is 0.340 e. The van der Waals surface area contributed by atoms with Crippen LogP contribution < -0.4 is 0 Å². The molecular weight excluding hydrogens is 387 g/mol. The molecule has 0 spiro atoms. The van der Waals surface area contributed by atoms with Crippen LogP contribution in [0.15, 0.2) is 34.9 Å². The fourth-order valence-corrected chi connectivity index (χ4v) is 3.31. The van der Waals surface area contributed by atoms with Gasteiger partial charge in [-0.25, -0.2) is 4.39 Å². The highest BCUT2D eigenvalue weighted by molar-refractivity contribution is 9.10. The molecule has 25 heavy (non-hydrogen) atoms. The number of carbonyl (C=O) groups is 1. The maximum Gasteiger partial charge on any atom is 0.224 e. The Balaban J connectivity index is 1.44. The topological polar surface area (TPSA) is 41.4 Å². The van der Waals surface area contributed by atoms with Crippen molar-refractivity contribution in [2.45, 2.75) is 26.4 Å². The van der Waals surface area contributed by atoms with Crippen molar-refractivity contribution in [3.05, 3.63) is 52.0 Å². The molecule has 2 heterocycles. The van der Waals surface area contributed by atoms with Gasteiger partial charge in [0, 0.05) is 51.4 Å². The summed E-state index contributed by atoms with van der Waals surface area (Å²) in [7, 11) is 0. The van der Waals surface area contributed by atoms with Gasteiger partial charge in [-0.05, 0) is 40.5 Å². The quantitative estimate of drug-likeness (QED) is 0.763. The lowest BCUT2D eigenvalue weighted by Crippen LogP contribution is -2.48. The van der Waals surface area contributed by atoms with Gasteiger partial charge in [-0.2, -0.15) is 5.10 Å². The van der Waals surface area contributed by atoms with Crippen molar-refractivity contribution in [1.82, 2.24) is 19.6 Å². The van der Waals surface area contributed by atoms with E-state index >= 15 is 0 Å². The number of rotatable bonds is 5. The molecule has 0 radical (unpaired) electrons. The standard InChI is InChI=1S/C18H22BrFN4O/c1-14-17(19)12-21-24(14)7-6-18(25)23-10-8-22(9-11-23)13-15-2-4-16(20)5-3-15/h2-5,12H,6-11,13H2,1H3. The number of nitrogens with zero attached hydrogens (tertiary/aromatic N) is 4. The monoisotopic (exact) mass is 408 g/mol. The summed E-state index contributed by atoms with van der Waals surface area (Å²) >= 11 is 3.43. The number of aryl methyl sites for hydroxylation is 1. The van der Waals surface area contributed by atoms with Crippen molar-refractivity contribution >= 4 is 21.8 Å². The molecule has 5 nitrogen and oxygen atoms in total. The maximum absolute atomic E-state index is 13.0. The van der Waals surface area contributed by atoms with E-state index in [1.165, 1.54) is 12.1 Å². The van der Waals surface area contributed by atoms with Crippen LogP contribution in [-0.4, -0.2) is 51.7 Å². The number of aromatic nitrogens is 2. The summed E-state index contributed by atoms with van der Waals surface area (Å²) in [6, 6.07) is 6.62. The number of carbonyl (C=O) groups excluding carboxylic acids is 1. The van der Waals surface area contributed by atoms with Crippen LogP contribution in [0.2, 0.25) is 0 Å². The van der Waals surface area contributed by atoms with Gasteiger partial charge in [0.1, 0.15) is 5.82 Å². The van der Waals surface area contributed by atoms with E-state index in [2.05, 4.69) is 25.9 Å². The van der Waals surface area contributed by atoms with Gasteiger partial charge in [0.15, 0.2) is 0 Å². The predicted octanol–water partition coefficient (Wildman–Crippen LogP) is 2.83. The molecule has 0 atom stereocenters. The van der Waals surface area contributed by atoms with E-state index in [4.69, 9.17) is 0 Å². The Hall–Kier alpha value is -1.73. The molecule has 0 bridgehead atoms. The van der Waals surface area contributed by atoms with E-state index in [0.29, 0.717) is 13.0 Å². The van der Waals surface area contributed by atoms with E-state index in [1.54, 1.807) is 6.20 Å². The van der Waals surface area contributed by atoms with Crippen molar-refractivity contribution in [3.63, 3.8) is 0 Å². The summed E-state index contributed by atoms with van der Waals surface area (Å²) in [5, 5.41) is 4.26. The Bertz CT molecular complexity index is 723. The number of amides is 1. The Labute approximate surface area is 155 Å². The van der Waals surface area contributed by atoms with Gasteiger partial charge in [0.25, 0.3) is 0 Å². The molecule has 1 aliphatic heterocycles. The highest BCUT2D eigenvalue weighted by Crippen LogP contribution is 2.15. The molecule has 1 amide bonds. The zero-order chi connectivity index (χ0) is 17.8. The lowest BCUT2D eigenvalue weighted by molar-refractivity contribution is -0.133. The summed E-state index contributed by atoms with van der Waals surface area (Å²) in [6.07, 6.45) is 2.22. The number of hydrogen-bond acceptors (Lipinski definition) is 3. The van der Waals surface area contributed by atoms with Crippen LogP contribution in [0.25, 0.3) is 0 Å². The number of piperazine rings is 1. The normalized spacial score (nSPS) is 15.6. The van der Waals surface area contributed by atoms with Crippen molar-refractivity contribution in [1.29, 1.82) is 0 Å². The van der Waals surface area contributed by atoms with Crippen molar-refractivity contribution in [2.75, 3.05) is 26.2 Å². The second-order valence-electron chi connectivity index (χ2n) is 6.33. The Morgan fingerprint density at radius 1 is 1.20 bits per heavy atom. The minimum Gasteiger partial charge on any atom is -0.340 e. The minimum atomic E-state index is -0.210. The van der Waals surface area contributed by atoms with Crippen molar-refractivity contribution < 1.29 is 9.18 Å². The second kappa shape index (κ2) is 8.10. The van der Waals surface area contributed by atoms with Crippen LogP contribution in [-0.2, 0) is 17.9 Å². The van der Waals surface area contributed by atoms with E-state index in [0.717, 1.165) is 48.5 Å². The summed E-state index contributed by atoms with van der Waals surface area (Å²) < 4.78 is 15.8. The summed E-state index contributed by atoms with van der Waals surface area (Å²) in [4.78, 5) is 16.6. The van der Waals surface area contributed by atoms with Crippen LogP contribution in [0.4, 0.5) is 4.39 Å². The van der Waals surface area contributed by atoms with E-state index in [9.17, 15) is 9.18 Å². The molecule has 1 aromatic carbocycles. The molecule has 1 fully saturated rings. The predicted molar refractivity (Wildman–Crippen MR) is 97.5 cm³/mol. The lowest BCUT2D eigenvalue weighted by Gasteiger charge is -2.34. The first-order chi connectivity index (χ1) is 12.0. The Kier molecular flexibility index (Phi) is 5.86. The SMILES string of the molecule is Cc1c(Br)cnn1CCC(=O)N1CCN(Cc2ccc(F)cc2)CC1. The van der Waals surface area contributed by atoms with E-state index in [-0.39, 0.29) is 11.7 Å². The molecule has 2 aromatic rings. The van der Waals surface area contributed by atoms with Gasteiger partial charge < -0.3 is 4.90 Å². The highest BCUT2D eigenvalue weighted by atomic mass is 79.9. The van der Waals surface area contributed by atoms with E-state index < -0.39 is 0 Å². The average molecular weight is 409 g/mol. The number of benzene rings is 1. The van der Waals surface area contributed by atoms with Crippen LogP contribution in [0.5, 0.6) is 0 Å². The van der Waals surface area contributed by atoms with Gasteiger partial charge in [-0.1, -0.05) is 12.1 Å². The zero-order valence-electron chi connectivity index (χ0n) is 14.3. The first kappa shape index (κ1) is 18.1. The van der Waals surface area contributed by atoms with Gasteiger partial charge in [-0.15, -0.1) is 0 Å². The zero-order valence-corrected chi connectivity index (χ0v) is 15.9. The molecule has 134 valence electrons. The average Bonchev–Trinajstić information content (AvgIpc) is 2.94. The van der Waals surface area contributed by atoms with E-state index in [1.807, 2.05) is 28.6 Å². The summed E-state index contributed by atoms with van der Waals surface area (Å²) in [6.45, 7) is 6.54. The molecule has 0 N–H and O–H groups in total. The maximum atomic E-state index is 13.0. The fourth-order valence-electron chi connectivity index (χ4n) is 3.01. The fraction of sp³-hybridized carbons (Fsp3) is 0.444. The molecule has 1 aliphatic rings. The lowest BCUT2D eigenvalue weighted by atomic mass is 10.2. The molecule has 1 saturated heterocycles. The van der Waals surface area contributed by atoms with Gasteiger partial charge in [0.05, 0.1) is 10.7 Å². The highest BCUT2D eigenvalue weighted by Gasteiger charge is 2.21. The first-order valence-corrected chi connectivity index (χ1v) is 9.25. The minimum absolute atomic E-state index is 0.174. The third kappa shape index (κ3) is 4.67. The van der Waals surface area contributed by atoms with Crippen LogP contribution in [0.3, 0.4) is 0 Å². The van der Waals surface area contributed by atoms with Gasteiger partial charge in [-0.3, -0.25) is 14.4 Å². The van der Waals surface area contributed by atoms with Crippen molar-refractivity contribution in [2.24, 2.45) is 0 Å². The number of hydrogen-bond donors (Lipinski definition) is 0. The summed E-state index contributed by atoms with van der Waals surface area (Å²) in [5.74, 6) is -0.0360. The molecule has 0 saturated carbocycles. The van der Waals surface area contributed by atoms with Crippen LogP contribution >= 0.6 is 15.9 Å². The Morgan fingerprint density at radius 3 is 2.48 bits per heavy atom. The van der Waals surface area contributed by atoms with Crippen LogP contribution in [0, 0.1) is 12.7 Å². The smallest absolute Gasteiger partial charge is 0.224 e. The van der Waals surface area contributed by atoms with Gasteiger partial charge in [0.2, 0.25) is 5.91 Å².